The first-order chi connectivity index (χ1) is 12.5. The first-order valence-corrected chi connectivity index (χ1v) is 10.9. The molecule has 1 N–H and O–H groups in total. The van der Waals surface area contributed by atoms with Crippen LogP contribution >= 0.6 is 11.3 Å². The molecule has 0 unspecified atom stereocenters. The van der Waals surface area contributed by atoms with Crippen LogP contribution in [0.2, 0.25) is 0 Å². The zero-order chi connectivity index (χ0) is 19.4. The molecule has 0 aliphatic carbocycles. The van der Waals surface area contributed by atoms with Crippen LogP contribution in [-0.2, 0) is 16.0 Å². The van der Waals surface area contributed by atoms with E-state index in [0.29, 0.717) is 17.0 Å². The minimum absolute atomic E-state index is 0.0120. The summed E-state index contributed by atoms with van der Waals surface area (Å²) >= 11 is 1.46. The fourth-order valence-electron chi connectivity index (χ4n) is 3.20. The van der Waals surface area contributed by atoms with E-state index in [1.54, 1.807) is 0 Å². The summed E-state index contributed by atoms with van der Waals surface area (Å²) in [5.41, 5.74) is 1.50. The smallest absolute Gasteiger partial charge is 0.341 e. The van der Waals surface area contributed by atoms with Gasteiger partial charge in [0.25, 0.3) is 0 Å². The highest BCUT2D eigenvalue weighted by Crippen LogP contribution is 2.34. The highest BCUT2D eigenvalue weighted by Gasteiger charge is 2.22. The third-order valence-electron chi connectivity index (χ3n) is 4.71. The van der Waals surface area contributed by atoms with Crippen molar-refractivity contribution in [3.63, 3.8) is 0 Å². The highest BCUT2D eigenvalue weighted by atomic mass is 32.1. The van der Waals surface area contributed by atoms with Gasteiger partial charge in [-0.05, 0) is 25.3 Å². The zero-order valence-electron chi connectivity index (χ0n) is 16.9. The number of amides is 1. The molecule has 1 heterocycles. The Hall–Kier alpha value is -1.36. The fraction of sp³-hybridized carbons (Fsp3) is 0.714. The predicted octanol–water partition coefficient (Wildman–Crippen LogP) is 6.26. The van der Waals surface area contributed by atoms with Gasteiger partial charge in [0.15, 0.2) is 0 Å². The summed E-state index contributed by atoms with van der Waals surface area (Å²) in [4.78, 5) is 25.4. The topological polar surface area (TPSA) is 55.4 Å². The second-order valence-corrected chi connectivity index (χ2v) is 8.04. The molecule has 0 fully saturated rings. The molecule has 148 valence electrons. The van der Waals surface area contributed by atoms with Gasteiger partial charge in [-0.15, -0.1) is 11.3 Å². The van der Waals surface area contributed by atoms with Crippen LogP contribution in [0.4, 0.5) is 5.00 Å². The monoisotopic (exact) mass is 381 g/mol. The van der Waals surface area contributed by atoms with Gasteiger partial charge in [0, 0.05) is 11.3 Å². The molecular formula is C21H35NO3S. The largest absolute Gasteiger partial charge is 0.465 e. The summed E-state index contributed by atoms with van der Waals surface area (Å²) in [5.74, 6) is -0.383. The predicted molar refractivity (Wildman–Crippen MR) is 110 cm³/mol. The number of ether oxygens (including phenoxy) is 1. The second kappa shape index (κ2) is 12.9. The number of hydrogen-bond donors (Lipinski definition) is 1. The van der Waals surface area contributed by atoms with Gasteiger partial charge in [-0.2, -0.15) is 0 Å². The molecule has 0 aromatic carbocycles. The number of unbranched alkanes of at least 4 members (excludes halogenated alkanes) is 8. The Morgan fingerprint density at radius 2 is 1.54 bits per heavy atom. The molecule has 0 saturated carbocycles. The van der Waals surface area contributed by atoms with E-state index in [4.69, 9.17) is 4.74 Å². The summed E-state index contributed by atoms with van der Waals surface area (Å²) in [6.45, 7) is 6.22. The molecular weight excluding hydrogens is 346 g/mol. The molecule has 0 bridgehead atoms. The van der Waals surface area contributed by atoms with Gasteiger partial charge in [-0.25, -0.2) is 4.79 Å². The lowest BCUT2D eigenvalue weighted by molar-refractivity contribution is -0.116. The number of esters is 1. The quantitative estimate of drug-likeness (QED) is 0.324. The van der Waals surface area contributed by atoms with Crippen LogP contribution in [0, 0.1) is 6.92 Å². The van der Waals surface area contributed by atoms with Crippen LogP contribution in [0.3, 0.4) is 0 Å². The van der Waals surface area contributed by atoms with E-state index in [1.165, 1.54) is 63.4 Å². The Labute approximate surface area is 162 Å². The molecule has 0 aliphatic heterocycles. The van der Waals surface area contributed by atoms with E-state index in [-0.39, 0.29) is 11.9 Å². The maximum atomic E-state index is 12.2. The number of anilines is 1. The molecule has 0 saturated heterocycles. The number of rotatable bonds is 13. The van der Waals surface area contributed by atoms with Crippen molar-refractivity contribution in [3.05, 3.63) is 16.0 Å². The number of aryl methyl sites for hydroxylation is 1. The van der Waals surface area contributed by atoms with Gasteiger partial charge < -0.3 is 10.1 Å². The van der Waals surface area contributed by atoms with E-state index in [0.717, 1.165) is 29.7 Å². The second-order valence-electron chi connectivity index (χ2n) is 6.81. The van der Waals surface area contributed by atoms with E-state index >= 15 is 0 Å². The number of carbonyl (C=O) groups excluding carboxylic acids is 2. The Balaban J connectivity index is 2.36. The maximum Gasteiger partial charge on any atom is 0.341 e. The maximum absolute atomic E-state index is 12.2. The molecule has 4 nitrogen and oxygen atoms in total. The Kier molecular flexibility index (Phi) is 11.3. The lowest BCUT2D eigenvalue weighted by Crippen LogP contribution is -2.14. The van der Waals surface area contributed by atoms with Gasteiger partial charge in [0.1, 0.15) is 5.00 Å². The number of hydrogen-bond acceptors (Lipinski definition) is 4. The van der Waals surface area contributed by atoms with Crippen LogP contribution in [0.15, 0.2) is 0 Å². The molecule has 1 aromatic rings. The number of carbonyl (C=O) groups is 2. The Bertz CT molecular complexity index is 566. The number of thiophene rings is 1. The van der Waals surface area contributed by atoms with Crippen molar-refractivity contribution >= 4 is 28.2 Å². The van der Waals surface area contributed by atoms with E-state index < -0.39 is 0 Å². The van der Waals surface area contributed by atoms with Crippen molar-refractivity contribution in [2.24, 2.45) is 0 Å². The Morgan fingerprint density at radius 1 is 0.962 bits per heavy atom. The van der Waals surface area contributed by atoms with Crippen molar-refractivity contribution in [1.82, 2.24) is 0 Å². The summed E-state index contributed by atoms with van der Waals surface area (Å²) in [6, 6.07) is 0. The minimum atomic E-state index is -0.371. The van der Waals surface area contributed by atoms with Gasteiger partial charge in [0.05, 0.1) is 12.7 Å². The average molecular weight is 382 g/mol. The standard InChI is InChI=1S/C21H35NO3S/c1-5-7-8-9-10-11-12-13-14-15-18(23)22-20-19(21(24)25-4)17(6-2)16(3)26-20/h5-15H2,1-4H3,(H,22,23). The van der Waals surface area contributed by atoms with Crippen molar-refractivity contribution in [2.45, 2.75) is 91.4 Å². The van der Waals surface area contributed by atoms with Crippen molar-refractivity contribution < 1.29 is 14.3 Å². The Morgan fingerprint density at radius 3 is 2.08 bits per heavy atom. The van der Waals surface area contributed by atoms with Gasteiger partial charge in [-0.3, -0.25) is 4.79 Å². The van der Waals surface area contributed by atoms with Crippen LogP contribution in [0.5, 0.6) is 0 Å². The summed E-state index contributed by atoms with van der Waals surface area (Å²) in [5, 5.41) is 3.56. The van der Waals surface area contributed by atoms with Gasteiger partial charge in [-0.1, -0.05) is 65.2 Å². The van der Waals surface area contributed by atoms with Gasteiger partial charge in [0.2, 0.25) is 5.91 Å². The number of nitrogens with one attached hydrogen (secondary N) is 1. The van der Waals surface area contributed by atoms with E-state index in [1.807, 2.05) is 13.8 Å². The summed E-state index contributed by atoms with van der Waals surface area (Å²) in [7, 11) is 1.38. The van der Waals surface area contributed by atoms with Crippen LogP contribution in [0.1, 0.15) is 98.9 Å². The first kappa shape index (κ1) is 22.7. The SMILES string of the molecule is CCCCCCCCCCCC(=O)Nc1sc(C)c(CC)c1C(=O)OC. The molecule has 5 heteroatoms. The van der Waals surface area contributed by atoms with Gasteiger partial charge >= 0.3 is 5.97 Å². The molecule has 0 atom stereocenters. The number of methoxy groups -OCH3 is 1. The minimum Gasteiger partial charge on any atom is -0.465 e. The van der Waals surface area contributed by atoms with Crippen LogP contribution in [0.25, 0.3) is 0 Å². The van der Waals surface area contributed by atoms with Crippen LogP contribution in [-0.4, -0.2) is 19.0 Å². The van der Waals surface area contributed by atoms with E-state index in [2.05, 4.69) is 12.2 Å². The van der Waals surface area contributed by atoms with Crippen molar-refractivity contribution in [2.75, 3.05) is 12.4 Å². The summed E-state index contributed by atoms with van der Waals surface area (Å²) in [6.07, 6.45) is 12.3. The lowest BCUT2D eigenvalue weighted by atomic mass is 10.1. The summed E-state index contributed by atoms with van der Waals surface area (Å²) < 4.78 is 4.89. The molecule has 1 rings (SSSR count). The fourth-order valence-corrected chi connectivity index (χ4v) is 4.35. The first-order valence-electron chi connectivity index (χ1n) is 10.1. The highest BCUT2D eigenvalue weighted by molar-refractivity contribution is 7.16. The molecule has 1 amide bonds. The average Bonchev–Trinajstić information content (AvgIpc) is 2.94. The molecule has 26 heavy (non-hydrogen) atoms. The molecule has 0 aliphatic rings. The molecule has 1 aromatic heterocycles. The molecule has 0 radical (unpaired) electrons. The van der Waals surface area contributed by atoms with Crippen molar-refractivity contribution in [1.29, 1.82) is 0 Å². The van der Waals surface area contributed by atoms with Crippen molar-refractivity contribution in [3.8, 4) is 0 Å². The van der Waals surface area contributed by atoms with Crippen LogP contribution < -0.4 is 5.32 Å². The third kappa shape index (κ3) is 7.48. The normalized spacial score (nSPS) is 10.8. The third-order valence-corrected chi connectivity index (χ3v) is 5.78. The lowest BCUT2D eigenvalue weighted by Gasteiger charge is -2.07. The van der Waals surface area contributed by atoms with E-state index in [9.17, 15) is 9.59 Å². The zero-order valence-corrected chi connectivity index (χ0v) is 17.7. The molecule has 0 spiro atoms.